The van der Waals surface area contributed by atoms with Crippen LogP contribution in [0.3, 0.4) is 0 Å². The van der Waals surface area contributed by atoms with Gasteiger partial charge in [0.1, 0.15) is 6.04 Å². The minimum absolute atomic E-state index is 0.00170. The van der Waals surface area contributed by atoms with E-state index < -0.39 is 23.9 Å². The molecule has 1 amide bonds. The zero-order valence-corrected chi connectivity index (χ0v) is 11.9. The maximum atomic E-state index is 12.0. The monoisotopic (exact) mass is 299 g/mol. The van der Waals surface area contributed by atoms with Crippen LogP contribution in [0.5, 0.6) is 0 Å². The van der Waals surface area contributed by atoms with Crippen molar-refractivity contribution < 1.29 is 23.9 Å². The normalized spacial score (nSPS) is 11.3. The van der Waals surface area contributed by atoms with Gasteiger partial charge in [-0.05, 0) is 30.7 Å². The number of ether oxygens (including phenoxy) is 2. The van der Waals surface area contributed by atoms with E-state index in [1.54, 1.807) is 24.3 Å². The number of nitrogens with two attached hydrogens (primary N) is 1. The number of benzene rings is 1. The van der Waals surface area contributed by atoms with E-state index in [1.807, 2.05) is 0 Å². The Balaban J connectivity index is 2.71. The lowest BCUT2D eigenvalue weighted by atomic mass is 10.2. The molecule has 114 valence electrons. The number of carbonyl (C=O) groups is 3. The van der Waals surface area contributed by atoms with Crippen molar-refractivity contribution in [3.05, 3.63) is 29.8 Å². The first-order chi connectivity index (χ1) is 9.97. The van der Waals surface area contributed by atoms with Crippen LogP contribution in [-0.4, -0.2) is 38.1 Å². The maximum Gasteiger partial charge on any atom is 0.328 e. The Morgan fingerprint density at radius 2 is 1.76 bits per heavy atom. The van der Waals surface area contributed by atoms with Crippen molar-refractivity contribution >= 4 is 23.5 Å². The standard InChI is InChI=1S/C14H18N2O5/c1-20-12(17)8-7-11(14(19)21-2)16-13(18)9-3-5-10(15)6-4-9/h3-6,11H,7-8,15H2,1-2H3,(H,16,18)/t11-/m0/s1/i7+1,8+1,11+1,12+1,14+1. The van der Waals surface area contributed by atoms with Gasteiger partial charge in [-0.2, -0.15) is 0 Å². The number of hydrogen-bond acceptors (Lipinski definition) is 6. The van der Waals surface area contributed by atoms with Crippen LogP contribution in [0.1, 0.15) is 23.2 Å². The van der Waals surface area contributed by atoms with E-state index in [0.29, 0.717) is 11.3 Å². The highest BCUT2D eigenvalue weighted by Crippen LogP contribution is 2.07. The molecular weight excluding hydrogens is 281 g/mol. The number of anilines is 1. The Kier molecular flexibility index (Phi) is 6.19. The molecule has 0 aliphatic carbocycles. The molecule has 0 fully saturated rings. The lowest BCUT2D eigenvalue weighted by Crippen LogP contribution is -2.41. The molecule has 0 radical (unpaired) electrons. The number of amides is 1. The lowest BCUT2D eigenvalue weighted by molar-refractivity contribution is -0.144. The van der Waals surface area contributed by atoms with Crippen molar-refractivity contribution in [2.24, 2.45) is 0 Å². The third kappa shape index (κ3) is 5.13. The van der Waals surface area contributed by atoms with Crippen LogP contribution in [0.4, 0.5) is 5.69 Å². The number of nitrogens with one attached hydrogen (secondary N) is 1. The molecule has 0 saturated carbocycles. The van der Waals surface area contributed by atoms with E-state index in [0.717, 1.165) is 0 Å². The van der Waals surface area contributed by atoms with Crippen LogP contribution in [0.15, 0.2) is 24.3 Å². The smallest absolute Gasteiger partial charge is 0.328 e. The fourth-order valence-corrected chi connectivity index (χ4v) is 1.63. The van der Waals surface area contributed by atoms with Crippen molar-refractivity contribution in [3.8, 4) is 0 Å². The Bertz CT molecular complexity index is 513. The first-order valence-electron chi connectivity index (χ1n) is 6.29. The van der Waals surface area contributed by atoms with E-state index in [2.05, 4.69) is 14.8 Å². The summed E-state index contributed by atoms with van der Waals surface area (Å²) in [4.78, 5) is 34.8. The summed E-state index contributed by atoms with van der Waals surface area (Å²) in [5, 5.41) is 2.52. The predicted molar refractivity (Wildman–Crippen MR) is 75.4 cm³/mol. The predicted octanol–water partition coefficient (Wildman–Crippen LogP) is 0.493. The minimum Gasteiger partial charge on any atom is -0.469 e. The van der Waals surface area contributed by atoms with Gasteiger partial charge in [0, 0.05) is 17.7 Å². The molecule has 0 heterocycles. The summed E-state index contributed by atoms with van der Waals surface area (Å²) in [5.74, 6) is -1.54. The van der Waals surface area contributed by atoms with E-state index >= 15 is 0 Å². The molecule has 1 aromatic rings. The summed E-state index contributed by atoms with van der Waals surface area (Å²) >= 11 is 0. The zero-order valence-electron chi connectivity index (χ0n) is 11.9. The summed E-state index contributed by atoms with van der Waals surface area (Å²) in [5.41, 5.74) is 6.42. The molecule has 0 aliphatic heterocycles. The zero-order chi connectivity index (χ0) is 15.8. The molecule has 0 aromatic heterocycles. The fourth-order valence-electron chi connectivity index (χ4n) is 1.63. The molecule has 3 N–H and O–H groups in total. The molecule has 0 bridgehead atoms. The summed E-state index contributed by atoms with van der Waals surface area (Å²) < 4.78 is 9.11. The third-order valence-corrected chi connectivity index (χ3v) is 2.83. The highest BCUT2D eigenvalue weighted by atomic mass is 16.6. The molecule has 1 rings (SSSR count). The maximum absolute atomic E-state index is 12.0. The van der Waals surface area contributed by atoms with Crippen molar-refractivity contribution in [2.45, 2.75) is 18.9 Å². The Hall–Kier alpha value is -2.57. The molecule has 0 unspecified atom stereocenters. The van der Waals surface area contributed by atoms with Gasteiger partial charge >= 0.3 is 11.9 Å². The van der Waals surface area contributed by atoms with E-state index in [9.17, 15) is 14.4 Å². The van der Waals surface area contributed by atoms with Gasteiger partial charge in [0.2, 0.25) is 0 Å². The highest BCUT2D eigenvalue weighted by Gasteiger charge is 2.23. The number of carbonyl (C=O) groups excluding carboxylic acids is 3. The van der Waals surface area contributed by atoms with Gasteiger partial charge in [0.05, 0.1) is 14.2 Å². The van der Waals surface area contributed by atoms with Gasteiger partial charge in [-0.3, -0.25) is 9.59 Å². The first kappa shape index (κ1) is 16.5. The van der Waals surface area contributed by atoms with Gasteiger partial charge in [0.15, 0.2) is 0 Å². The van der Waals surface area contributed by atoms with Crippen LogP contribution >= 0.6 is 0 Å². The summed E-state index contributed by atoms with van der Waals surface area (Å²) in [6.45, 7) is 0. The quantitative estimate of drug-likeness (QED) is 0.450. The van der Waals surface area contributed by atoms with E-state index in [1.165, 1.54) is 14.2 Å². The molecule has 7 nitrogen and oxygen atoms in total. The van der Waals surface area contributed by atoms with Gasteiger partial charge in [-0.1, -0.05) is 0 Å². The number of rotatable bonds is 6. The third-order valence-electron chi connectivity index (χ3n) is 2.83. The van der Waals surface area contributed by atoms with Crippen LogP contribution in [-0.2, 0) is 19.1 Å². The van der Waals surface area contributed by atoms with E-state index in [-0.39, 0.29) is 12.8 Å². The fraction of sp³-hybridized carbons (Fsp3) is 0.357. The number of esters is 2. The second-order valence-corrected chi connectivity index (χ2v) is 4.29. The first-order valence-corrected chi connectivity index (χ1v) is 6.29. The van der Waals surface area contributed by atoms with Crippen molar-refractivity contribution in [3.63, 3.8) is 0 Å². The van der Waals surface area contributed by atoms with Crippen molar-refractivity contribution in [2.75, 3.05) is 20.0 Å². The molecule has 21 heavy (non-hydrogen) atoms. The van der Waals surface area contributed by atoms with Gasteiger partial charge in [0.25, 0.3) is 5.91 Å². The second kappa shape index (κ2) is 7.88. The van der Waals surface area contributed by atoms with Gasteiger partial charge in [-0.15, -0.1) is 0 Å². The molecule has 0 aliphatic rings. The second-order valence-electron chi connectivity index (χ2n) is 4.29. The number of hydrogen-bond donors (Lipinski definition) is 2. The highest BCUT2D eigenvalue weighted by molar-refractivity contribution is 5.97. The van der Waals surface area contributed by atoms with Crippen molar-refractivity contribution in [1.29, 1.82) is 0 Å². The van der Waals surface area contributed by atoms with Gasteiger partial charge < -0.3 is 20.5 Å². The topological polar surface area (TPSA) is 108 Å². The number of methoxy groups -OCH3 is 2. The van der Waals surface area contributed by atoms with Crippen LogP contribution < -0.4 is 11.1 Å². The average molecular weight is 299 g/mol. The summed E-state index contributed by atoms with van der Waals surface area (Å²) in [7, 11) is 2.46. The van der Waals surface area contributed by atoms with Crippen molar-refractivity contribution in [1.82, 2.24) is 5.32 Å². The van der Waals surface area contributed by atoms with Crippen LogP contribution in [0, 0.1) is 0 Å². The molecular formula is C14H18N2O5. The molecule has 1 atom stereocenters. The summed E-state index contributed by atoms with van der Waals surface area (Å²) in [6, 6.07) is 5.32. The largest absolute Gasteiger partial charge is 0.469 e. The Morgan fingerprint density at radius 3 is 2.29 bits per heavy atom. The lowest BCUT2D eigenvalue weighted by Gasteiger charge is -2.16. The molecule has 7 heteroatoms. The number of nitrogen functional groups attached to an aromatic ring is 1. The van der Waals surface area contributed by atoms with Crippen LogP contribution in [0.25, 0.3) is 0 Å². The SMILES string of the molecule is CO[13C](=O)[13CH2][13CH2][13C@H](NC(=O)c1ccc(N)cc1)[13C](=O)OC. The minimum atomic E-state index is -0.917. The molecule has 0 spiro atoms. The van der Waals surface area contributed by atoms with Gasteiger partial charge in [-0.25, -0.2) is 4.79 Å². The summed E-state index contributed by atoms with van der Waals surface area (Å²) in [6.07, 6.45) is 0.0956. The average Bonchev–Trinajstić information content (AvgIpc) is 2.50. The molecule has 1 aromatic carbocycles. The van der Waals surface area contributed by atoms with Crippen LogP contribution in [0.2, 0.25) is 0 Å². The molecule has 0 saturated heterocycles. The Morgan fingerprint density at radius 1 is 1.14 bits per heavy atom. The Labute approximate surface area is 122 Å². The van der Waals surface area contributed by atoms with E-state index in [4.69, 9.17) is 5.73 Å².